The zero-order valence-electron chi connectivity index (χ0n) is 16.3. The number of rotatable bonds is 9. The summed E-state index contributed by atoms with van der Waals surface area (Å²) in [6, 6.07) is 10.3. The van der Waals surface area contributed by atoms with Crippen LogP contribution in [0.5, 0.6) is 5.75 Å². The van der Waals surface area contributed by atoms with E-state index in [-0.39, 0.29) is 11.6 Å². The molecule has 3 aromatic rings. The molecule has 2 aromatic heterocycles. The Morgan fingerprint density at radius 2 is 1.87 bits per heavy atom. The molecule has 0 bridgehead atoms. The highest BCUT2D eigenvalue weighted by atomic mass is 19.3. The van der Waals surface area contributed by atoms with Crippen LogP contribution in [0.3, 0.4) is 0 Å². The summed E-state index contributed by atoms with van der Waals surface area (Å²) >= 11 is 0. The van der Waals surface area contributed by atoms with Crippen LogP contribution in [0.1, 0.15) is 6.92 Å². The van der Waals surface area contributed by atoms with E-state index in [0.717, 1.165) is 17.7 Å². The maximum absolute atomic E-state index is 13.1. The molecular weight excluding hydrogens is 418 g/mol. The van der Waals surface area contributed by atoms with Crippen molar-refractivity contribution < 1.29 is 27.4 Å². The topological polar surface area (TPSA) is 92.2 Å². The number of pyridine rings is 1. The van der Waals surface area contributed by atoms with Gasteiger partial charge in [-0.2, -0.15) is 17.6 Å². The smallest absolute Gasteiger partial charge is 0.428 e. The molecule has 31 heavy (non-hydrogen) atoms. The van der Waals surface area contributed by atoms with Gasteiger partial charge in [-0.1, -0.05) is 6.07 Å². The number of halogens is 4. The molecule has 0 fully saturated rings. The van der Waals surface area contributed by atoms with Crippen molar-refractivity contribution in [3.05, 3.63) is 54.9 Å². The summed E-state index contributed by atoms with van der Waals surface area (Å²) < 4.78 is 55.0. The molecule has 1 unspecified atom stereocenters. The van der Waals surface area contributed by atoms with Crippen molar-refractivity contribution in [2.24, 2.45) is 0 Å². The molecule has 0 saturated heterocycles. The van der Waals surface area contributed by atoms with Crippen molar-refractivity contribution in [1.29, 1.82) is 0 Å². The molecule has 11 heteroatoms. The van der Waals surface area contributed by atoms with Crippen LogP contribution in [0, 0.1) is 0 Å². The van der Waals surface area contributed by atoms with E-state index in [1.165, 1.54) is 18.3 Å². The van der Waals surface area contributed by atoms with Gasteiger partial charge in [0.2, 0.25) is 5.95 Å². The minimum absolute atomic E-state index is 0.158. The minimum Gasteiger partial charge on any atom is -0.428 e. The third-order valence-corrected chi connectivity index (χ3v) is 3.89. The summed E-state index contributed by atoms with van der Waals surface area (Å²) in [6.45, 7) is 1.98. The first-order valence-corrected chi connectivity index (χ1v) is 9.16. The number of benzene rings is 1. The number of aliphatic hydroxyl groups is 1. The number of nitrogens with one attached hydrogen (secondary N) is 2. The first kappa shape index (κ1) is 22.2. The third-order valence-electron chi connectivity index (χ3n) is 3.89. The predicted octanol–water partition coefficient (Wildman–Crippen LogP) is 4.31. The van der Waals surface area contributed by atoms with Gasteiger partial charge in [-0.15, -0.1) is 0 Å². The quantitative estimate of drug-likeness (QED) is 0.430. The summed E-state index contributed by atoms with van der Waals surface area (Å²) in [5.74, 6) is 0.274. The lowest BCUT2D eigenvalue weighted by molar-refractivity contribution is -0.253. The number of alkyl halides is 4. The molecule has 164 valence electrons. The normalized spacial score (nSPS) is 12.5. The van der Waals surface area contributed by atoms with Crippen LogP contribution < -0.4 is 15.4 Å². The number of nitrogens with zero attached hydrogens (tertiary/aromatic N) is 3. The molecule has 0 radical (unpaired) electrons. The van der Waals surface area contributed by atoms with Gasteiger partial charge in [-0.3, -0.25) is 0 Å². The van der Waals surface area contributed by atoms with Gasteiger partial charge in [0, 0.05) is 36.3 Å². The molecule has 7 nitrogen and oxygen atoms in total. The first-order valence-electron chi connectivity index (χ1n) is 9.16. The summed E-state index contributed by atoms with van der Waals surface area (Å²) in [6.07, 6.45) is -6.01. The van der Waals surface area contributed by atoms with Crippen LogP contribution in [-0.4, -0.2) is 45.2 Å². The number of aromatic nitrogens is 3. The van der Waals surface area contributed by atoms with Gasteiger partial charge in [0.15, 0.2) is 0 Å². The van der Waals surface area contributed by atoms with Gasteiger partial charge in [0.05, 0.1) is 11.8 Å². The third kappa shape index (κ3) is 6.25. The molecule has 3 N–H and O–H groups in total. The second kappa shape index (κ2) is 9.56. The Hall–Kier alpha value is -3.47. The Labute approximate surface area is 175 Å². The van der Waals surface area contributed by atoms with E-state index < -0.39 is 24.4 Å². The van der Waals surface area contributed by atoms with Crippen LogP contribution in [0.15, 0.2) is 54.9 Å². The van der Waals surface area contributed by atoms with Crippen molar-refractivity contribution >= 4 is 17.5 Å². The molecule has 2 heterocycles. The average molecular weight is 437 g/mol. The van der Waals surface area contributed by atoms with E-state index >= 15 is 0 Å². The SMILES string of the molecule is CC(O)CNc1cc(-c2ccnc(Nc3cccc(OC(F)(F)C(F)F)c3)n2)ccn1. The Morgan fingerprint density at radius 3 is 2.61 bits per heavy atom. The van der Waals surface area contributed by atoms with E-state index in [0.29, 0.717) is 18.1 Å². The zero-order valence-corrected chi connectivity index (χ0v) is 16.3. The lowest BCUT2D eigenvalue weighted by atomic mass is 10.2. The Kier molecular flexibility index (Phi) is 6.85. The fourth-order valence-electron chi connectivity index (χ4n) is 2.49. The summed E-state index contributed by atoms with van der Waals surface area (Å²) in [4.78, 5) is 12.6. The lowest BCUT2D eigenvalue weighted by Crippen LogP contribution is -2.33. The van der Waals surface area contributed by atoms with Crippen LogP contribution in [-0.2, 0) is 0 Å². The molecule has 1 atom stereocenters. The number of anilines is 3. The highest BCUT2D eigenvalue weighted by Gasteiger charge is 2.43. The molecule has 1 aromatic carbocycles. The average Bonchev–Trinajstić information content (AvgIpc) is 2.72. The summed E-state index contributed by atoms with van der Waals surface area (Å²) in [5, 5.41) is 15.2. The first-order chi connectivity index (χ1) is 14.7. The van der Waals surface area contributed by atoms with Crippen molar-refractivity contribution in [2.75, 3.05) is 17.2 Å². The number of ether oxygens (including phenoxy) is 1. The van der Waals surface area contributed by atoms with Crippen molar-refractivity contribution in [3.63, 3.8) is 0 Å². The van der Waals surface area contributed by atoms with E-state index in [1.54, 1.807) is 31.3 Å². The monoisotopic (exact) mass is 437 g/mol. The number of hydrogen-bond donors (Lipinski definition) is 3. The van der Waals surface area contributed by atoms with Crippen molar-refractivity contribution in [3.8, 4) is 17.0 Å². The van der Waals surface area contributed by atoms with Crippen LogP contribution in [0.25, 0.3) is 11.3 Å². The molecule has 0 spiro atoms. The molecule has 0 aliphatic heterocycles. The summed E-state index contributed by atoms with van der Waals surface area (Å²) in [7, 11) is 0. The van der Waals surface area contributed by atoms with E-state index in [4.69, 9.17) is 0 Å². The fraction of sp³-hybridized carbons (Fsp3) is 0.250. The second-order valence-corrected chi connectivity index (χ2v) is 6.54. The van der Waals surface area contributed by atoms with E-state index in [1.807, 2.05) is 0 Å². The van der Waals surface area contributed by atoms with Crippen LogP contribution in [0.4, 0.5) is 35.0 Å². The fourth-order valence-corrected chi connectivity index (χ4v) is 2.49. The second-order valence-electron chi connectivity index (χ2n) is 6.54. The Morgan fingerprint density at radius 1 is 1.10 bits per heavy atom. The molecule has 0 amide bonds. The van der Waals surface area contributed by atoms with Crippen molar-refractivity contribution in [2.45, 2.75) is 25.6 Å². The highest BCUT2D eigenvalue weighted by molar-refractivity contribution is 5.65. The zero-order chi connectivity index (χ0) is 22.4. The highest BCUT2D eigenvalue weighted by Crippen LogP contribution is 2.29. The lowest BCUT2D eigenvalue weighted by Gasteiger charge is -2.17. The Bertz CT molecular complexity index is 1020. The number of hydrogen-bond acceptors (Lipinski definition) is 7. The molecule has 0 aliphatic carbocycles. The minimum atomic E-state index is -4.60. The maximum atomic E-state index is 13.1. The number of aliphatic hydroxyl groups excluding tert-OH is 1. The van der Waals surface area contributed by atoms with Crippen LogP contribution in [0.2, 0.25) is 0 Å². The van der Waals surface area contributed by atoms with Gasteiger partial charge >= 0.3 is 12.5 Å². The predicted molar refractivity (Wildman–Crippen MR) is 107 cm³/mol. The summed E-state index contributed by atoms with van der Waals surface area (Å²) in [5.41, 5.74) is 1.55. The van der Waals surface area contributed by atoms with Gasteiger partial charge in [-0.05, 0) is 37.3 Å². The molecular formula is C20H19F4N5O2. The van der Waals surface area contributed by atoms with E-state index in [9.17, 15) is 22.7 Å². The van der Waals surface area contributed by atoms with Gasteiger partial charge in [0.25, 0.3) is 0 Å². The maximum Gasteiger partial charge on any atom is 0.461 e. The van der Waals surface area contributed by atoms with Crippen molar-refractivity contribution in [1.82, 2.24) is 15.0 Å². The largest absolute Gasteiger partial charge is 0.461 e. The molecule has 0 saturated carbocycles. The molecule has 3 rings (SSSR count). The van der Waals surface area contributed by atoms with E-state index in [2.05, 4.69) is 30.3 Å². The standard InChI is InChI=1S/C20H19F4N5O2/c1-12(30)11-27-17-9-13(5-7-25-17)16-6-8-26-19(29-16)28-14-3-2-4-15(10-14)31-20(23,24)18(21)22/h2-10,12,18,30H,11H2,1H3,(H,25,27)(H,26,28,29). The molecule has 0 aliphatic rings. The van der Waals surface area contributed by atoms with Gasteiger partial charge in [0.1, 0.15) is 11.6 Å². The van der Waals surface area contributed by atoms with Gasteiger partial charge in [-0.25, -0.2) is 15.0 Å². The Balaban J connectivity index is 1.76. The van der Waals surface area contributed by atoms with Crippen LogP contribution >= 0.6 is 0 Å². The van der Waals surface area contributed by atoms with Gasteiger partial charge < -0.3 is 20.5 Å².